The van der Waals surface area contributed by atoms with Crippen molar-refractivity contribution in [3.63, 3.8) is 0 Å². The molecule has 5 nitrogen and oxygen atoms in total. The van der Waals surface area contributed by atoms with Gasteiger partial charge in [-0.1, -0.05) is 31.0 Å². The maximum atomic E-state index is 12.8. The highest BCUT2D eigenvalue weighted by Crippen LogP contribution is 2.27. The summed E-state index contributed by atoms with van der Waals surface area (Å²) >= 11 is 0. The van der Waals surface area contributed by atoms with E-state index in [0.717, 1.165) is 25.7 Å². The van der Waals surface area contributed by atoms with Crippen LogP contribution in [0.15, 0.2) is 35.2 Å². The summed E-state index contributed by atoms with van der Waals surface area (Å²) in [5, 5.41) is 0. The van der Waals surface area contributed by atoms with Gasteiger partial charge in [-0.3, -0.25) is 4.79 Å². The lowest BCUT2D eigenvalue weighted by Gasteiger charge is -2.24. The minimum Gasteiger partial charge on any atom is -0.465 e. The highest BCUT2D eigenvalue weighted by Gasteiger charge is 2.30. The third kappa shape index (κ3) is 4.30. The molecule has 22 heavy (non-hydrogen) atoms. The standard InChI is InChI=1S/C16H23NO4S/c1-2-21-16(18)13-17(12-14-8-6-7-9-14)22(19,20)15-10-4-3-5-11-15/h3-5,10-11,14H,2,6-9,12-13H2,1H3. The van der Waals surface area contributed by atoms with E-state index in [0.29, 0.717) is 12.5 Å². The molecule has 0 aliphatic heterocycles. The molecule has 1 aromatic rings. The zero-order chi connectivity index (χ0) is 16.0. The number of nitrogens with zero attached hydrogens (tertiary/aromatic N) is 1. The van der Waals surface area contributed by atoms with Crippen molar-refractivity contribution in [2.45, 2.75) is 37.5 Å². The monoisotopic (exact) mass is 325 g/mol. The first kappa shape index (κ1) is 17.0. The van der Waals surface area contributed by atoms with Gasteiger partial charge in [-0.2, -0.15) is 4.31 Å². The summed E-state index contributed by atoms with van der Waals surface area (Å²) in [7, 11) is -3.67. The molecule has 0 amide bonds. The van der Waals surface area contributed by atoms with Crippen LogP contribution in [0.3, 0.4) is 0 Å². The first-order chi connectivity index (χ1) is 10.5. The number of benzene rings is 1. The van der Waals surface area contributed by atoms with Gasteiger partial charge in [0.05, 0.1) is 11.5 Å². The molecule has 0 radical (unpaired) electrons. The second kappa shape index (κ2) is 7.74. The molecule has 0 saturated heterocycles. The molecular weight excluding hydrogens is 302 g/mol. The average molecular weight is 325 g/mol. The summed E-state index contributed by atoms with van der Waals surface area (Å²) in [6.07, 6.45) is 4.29. The van der Waals surface area contributed by atoms with E-state index in [9.17, 15) is 13.2 Å². The number of hydrogen-bond donors (Lipinski definition) is 0. The van der Waals surface area contributed by atoms with Crippen molar-refractivity contribution in [3.05, 3.63) is 30.3 Å². The molecule has 0 unspecified atom stereocenters. The molecule has 2 rings (SSSR count). The molecule has 1 fully saturated rings. The Bertz CT molecular complexity index is 579. The number of rotatable bonds is 7. The van der Waals surface area contributed by atoms with Crippen LogP contribution in [0.1, 0.15) is 32.6 Å². The zero-order valence-electron chi connectivity index (χ0n) is 12.9. The van der Waals surface area contributed by atoms with Crippen LogP contribution >= 0.6 is 0 Å². The van der Waals surface area contributed by atoms with Crippen molar-refractivity contribution in [1.82, 2.24) is 4.31 Å². The molecule has 6 heteroatoms. The predicted molar refractivity (Wildman–Crippen MR) is 83.8 cm³/mol. The van der Waals surface area contributed by atoms with Crippen LogP contribution in [-0.2, 0) is 19.6 Å². The van der Waals surface area contributed by atoms with Gasteiger partial charge < -0.3 is 4.74 Å². The molecule has 0 heterocycles. The molecule has 0 spiro atoms. The van der Waals surface area contributed by atoms with Crippen molar-refractivity contribution in [3.8, 4) is 0 Å². The Morgan fingerprint density at radius 3 is 2.45 bits per heavy atom. The summed E-state index contributed by atoms with van der Waals surface area (Å²) in [6.45, 7) is 2.13. The Labute approximate surface area is 132 Å². The highest BCUT2D eigenvalue weighted by atomic mass is 32.2. The van der Waals surface area contributed by atoms with Crippen LogP contribution in [0.25, 0.3) is 0 Å². The van der Waals surface area contributed by atoms with Gasteiger partial charge in [0.2, 0.25) is 10.0 Å². The third-order valence-corrected chi connectivity index (χ3v) is 5.75. The maximum absolute atomic E-state index is 12.8. The molecule has 122 valence electrons. The Kier molecular flexibility index (Phi) is 5.97. The molecule has 1 aromatic carbocycles. The van der Waals surface area contributed by atoms with Gasteiger partial charge in [0, 0.05) is 6.54 Å². The summed E-state index contributed by atoms with van der Waals surface area (Å²) in [6, 6.07) is 8.26. The van der Waals surface area contributed by atoms with Crippen LogP contribution in [0.5, 0.6) is 0 Å². The van der Waals surface area contributed by atoms with Crippen LogP contribution in [0.2, 0.25) is 0 Å². The fourth-order valence-electron chi connectivity index (χ4n) is 2.82. The SMILES string of the molecule is CCOC(=O)CN(CC1CCCC1)S(=O)(=O)c1ccccc1. The molecule has 1 aliphatic carbocycles. The molecule has 0 bridgehead atoms. The van der Waals surface area contributed by atoms with E-state index >= 15 is 0 Å². The third-order valence-electron chi connectivity index (χ3n) is 3.93. The van der Waals surface area contributed by atoms with Crippen LogP contribution < -0.4 is 0 Å². The van der Waals surface area contributed by atoms with Crippen molar-refractivity contribution in [2.75, 3.05) is 19.7 Å². The van der Waals surface area contributed by atoms with Crippen LogP contribution in [0, 0.1) is 5.92 Å². The van der Waals surface area contributed by atoms with Gasteiger partial charge in [0.25, 0.3) is 0 Å². The number of ether oxygens (including phenoxy) is 1. The quantitative estimate of drug-likeness (QED) is 0.722. The fourth-order valence-corrected chi connectivity index (χ4v) is 4.30. The second-order valence-electron chi connectivity index (χ2n) is 5.57. The Hall–Kier alpha value is -1.40. The van der Waals surface area contributed by atoms with E-state index in [4.69, 9.17) is 4.74 Å². The lowest BCUT2D eigenvalue weighted by atomic mass is 10.1. The van der Waals surface area contributed by atoms with Crippen LogP contribution in [-0.4, -0.2) is 38.4 Å². The van der Waals surface area contributed by atoms with Gasteiger partial charge in [-0.25, -0.2) is 8.42 Å². The van der Waals surface area contributed by atoms with Crippen LogP contribution in [0.4, 0.5) is 0 Å². The van der Waals surface area contributed by atoms with Gasteiger partial charge in [-0.15, -0.1) is 0 Å². The zero-order valence-corrected chi connectivity index (χ0v) is 13.7. The van der Waals surface area contributed by atoms with Crippen molar-refractivity contribution < 1.29 is 17.9 Å². The van der Waals surface area contributed by atoms with Gasteiger partial charge in [0.15, 0.2) is 0 Å². The summed E-state index contributed by atoms with van der Waals surface area (Å²) < 4.78 is 31.8. The number of esters is 1. The van der Waals surface area contributed by atoms with E-state index in [2.05, 4.69) is 0 Å². The molecule has 0 N–H and O–H groups in total. The van der Waals surface area contributed by atoms with Gasteiger partial charge in [0.1, 0.15) is 6.54 Å². The molecule has 1 aliphatic rings. The number of hydrogen-bond acceptors (Lipinski definition) is 4. The van der Waals surface area contributed by atoms with E-state index < -0.39 is 16.0 Å². The number of carbonyl (C=O) groups excluding carboxylic acids is 1. The Morgan fingerprint density at radius 2 is 1.86 bits per heavy atom. The van der Waals surface area contributed by atoms with E-state index in [1.54, 1.807) is 37.3 Å². The van der Waals surface area contributed by atoms with E-state index in [1.807, 2.05) is 0 Å². The molecule has 0 aromatic heterocycles. The minimum absolute atomic E-state index is 0.220. The van der Waals surface area contributed by atoms with Crippen molar-refractivity contribution in [1.29, 1.82) is 0 Å². The number of sulfonamides is 1. The fraction of sp³-hybridized carbons (Fsp3) is 0.562. The molecular formula is C16H23NO4S. The second-order valence-corrected chi connectivity index (χ2v) is 7.50. The largest absolute Gasteiger partial charge is 0.465 e. The first-order valence-corrected chi connectivity index (χ1v) is 9.19. The lowest BCUT2D eigenvalue weighted by molar-refractivity contribution is -0.143. The highest BCUT2D eigenvalue weighted by molar-refractivity contribution is 7.89. The number of carbonyl (C=O) groups is 1. The van der Waals surface area contributed by atoms with E-state index in [-0.39, 0.29) is 18.0 Å². The normalized spacial score (nSPS) is 16.1. The first-order valence-electron chi connectivity index (χ1n) is 7.75. The smallest absolute Gasteiger partial charge is 0.321 e. The van der Waals surface area contributed by atoms with Gasteiger partial charge in [-0.05, 0) is 37.8 Å². The topological polar surface area (TPSA) is 63.7 Å². The van der Waals surface area contributed by atoms with Crippen molar-refractivity contribution >= 4 is 16.0 Å². The molecule has 0 atom stereocenters. The summed E-state index contributed by atoms with van der Waals surface area (Å²) in [5.41, 5.74) is 0. The Balaban J connectivity index is 2.20. The maximum Gasteiger partial charge on any atom is 0.321 e. The minimum atomic E-state index is -3.67. The molecule has 1 saturated carbocycles. The Morgan fingerprint density at radius 1 is 1.23 bits per heavy atom. The predicted octanol–water partition coefficient (Wildman–Crippen LogP) is 2.43. The van der Waals surface area contributed by atoms with Crippen molar-refractivity contribution in [2.24, 2.45) is 5.92 Å². The van der Waals surface area contributed by atoms with Gasteiger partial charge >= 0.3 is 5.97 Å². The summed E-state index contributed by atoms with van der Waals surface area (Å²) in [5.74, 6) is -0.173. The van der Waals surface area contributed by atoms with E-state index in [1.165, 1.54) is 4.31 Å². The summed E-state index contributed by atoms with van der Waals surface area (Å²) in [4.78, 5) is 12.0. The average Bonchev–Trinajstić information content (AvgIpc) is 3.01. The lowest BCUT2D eigenvalue weighted by Crippen LogP contribution is -2.39.